The standard InChI is InChI=1S/C18H26N2O3/c1-13(21)15(12-14-8-6-11-19-14)16(22)23-20-17(2,3)9-7-10-18(20,4)5/h6,8,11-12,19H,7,9-10H2,1-5H3/b15-12+. The Morgan fingerprint density at radius 3 is 2.30 bits per heavy atom. The van der Waals surface area contributed by atoms with Crippen LogP contribution < -0.4 is 0 Å². The van der Waals surface area contributed by atoms with Crippen LogP contribution in [0.5, 0.6) is 0 Å². The lowest BCUT2D eigenvalue weighted by Gasteiger charge is -2.50. The topological polar surface area (TPSA) is 62.4 Å². The average Bonchev–Trinajstić information content (AvgIpc) is 2.92. The summed E-state index contributed by atoms with van der Waals surface area (Å²) in [6.07, 6.45) is 6.26. The Morgan fingerprint density at radius 2 is 1.83 bits per heavy atom. The summed E-state index contributed by atoms with van der Waals surface area (Å²) in [6, 6.07) is 3.61. The minimum absolute atomic E-state index is 0.0459. The van der Waals surface area contributed by atoms with E-state index in [1.165, 1.54) is 13.0 Å². The van der Waals surface area contributed by atoms with Crippen molar-refractivity contribution in [3.05, 3.63) is 29.6 Å². The molecule has 2 rings (SSSR count). The molecule has 23 heavy (non-hydrogen) atoms. The molecule has 5 nitrogen and oxygen atoms in total. The molecule has 1 aromatic heterocycles. The molecular formula is C18H26N2O3. The molecule has 0 bridgehead atoms. The first-order valence-electron chi connectivity index (χ1n) is 8.02. The lowest BCUT2D eigenvalue weighted by atomic mass is 9.82. The summed E-state index contributed by atoms with van der Waals surface area (Å²) in [5.74, 6) is -0.910. The molecule has 0 saturated carbocycles. The number of ketones is 1. The first-order valence-corrected chi connectivity index (χ1v) is 8.02. The van der Waals surface area contributed by atoms with Crippen LogP contribution >= 0.6 is 0 Å². The van der Waals surface area contributed by atoms with E-state index < -0.39 is 5.97 Å². The first-order chi connectivity index (χ1) is 10.6. The highest BCUT2D eigenvalue weighted by Gasteiger charge is 2.44. The van der Waals surface area contributed by atoms with E-state index in [1.54, 1.807) is 17.3 Å². The van der Waals surface area contributed by atoms with Crippen molar-refractivity contribution in [3.8, 4) is 0 Å². The van der Waals surface area contributed by atoms with Crippen LogP contribution in [0.3, 0.4) is 0 Å². The van der Waals surface area contributed by atoms with Crippen molar-refractivity contribution in [3.63, 3.8) is 0 Å². The Balaban J connectivity index is 2.26. The number of rotatable bonds is 4. The maximum atomic E-state index is 12.6. The zero-order valence-corrected chi connectivity index (χ0v) is 14.6. The van der Waals surface area contributed by atoms with Crippen LogP contribution in [0, 0.1) is 0 Å². The predicted octanol–water partition coefficient (Wildman–Crippen LogP) is 3.49. The van der Waals surface area contributed by atoms with Crippen LogP contribution in [-0.4, -0.2) is 32.9 Å². The van der Waals surface area contributed by atoms with E-state index in [0.717, 1.165) is 19.3 Å². The molecule has 0 aromatic carbocycles. The first kappa shape index (κ1) is 17.5. The molecule has 0 aliphatic carbocycles. The largest absolute Gasteiger partial charge is 0.363 e. The number of aromatic nitrogens is 1. The minimum atomic E-state index is -0.602. The van der Waals surface area contributed by atoms with E-state index in [-0.39, 0.29) is 22.4 Å². The van der Waals surface area contributed by atoms with Crippen molar-refractivity contribution in [2.75, 3.05) is 0 Å². The number of nitrogens with zero attached hydrogens (tertiary/aromatic N) is 1. The number of hydrogen-bond acceptors (Lipinski definition) is 4. The van der Waals surface area contributed by atoms with E-state index in [2.05, 4.69) is 32.7 Å². The van der Waals surface area contributed by atoms with Gasteiger partial charge in [-0.2, -0.15) is 0 Å². The fourth-order valence-corrected chi connectivity index (χ4v) is 3.25. The molecule has 1 aliphatic heterocycles. The number of carbonyl (C=O) groups is 2. The summed E-state index contributed by atoms with van der Waals surface area (Å²) in [5, 5.41) is 1.76. The van der Waals surface area contributed by atoms with Gasteiger partial charge >= 0.3 is 5.97 Å². The SMILES string of the molecule is CC(=O)/C(=C\c1ccc[nH]1)C(=O)ON1C(C)(C)CCCC1(C)C. The number of hydrogen-bond donors (Lipinski definition) is 1. The second-order valence-electron chi connectivity index (χ2n) is 7.39. The van der Waals surface area contributed by atoms with Gasteiger partial charge in [0, 0.05) is 11.9 Å². The van der Waals surface area contributed by atoms with Crippen molar-refractivity contribution in [2.24, 2.45) is 0 Å². The molecule has 126 valence electrons. The number of H-pyrrole nitrogens is 1. The maximum absolute atomic E-state index is 12.6. The molecule has 1 N–H and O–H groups in total. The van der Waals surface area contributed by atoms with Crippen LogP contribution in [0.4, 0.5) is 0 Å². The summed E-state index contributed by atoms with van der Waals surface area (Å²) in [7, 11) is 0. The monoisotopic (exact) mass is 318 g/mol. The van der Waals surface area contributed by atoms with Gasteiger partial charge in [0.15, 0.2) is 5.78 Å². The van der Waals surface area contributed by atoms with Gasteiger partial charge < -0.3 is 9.82 Å². The molecule has 1 fully saturated rings. The number of hydroxylamine groups is 2. The van der Waals surface area contributed by atoms with E-state index in [9.17, 15) is 9.59 Å². The fraction of sp³-hybridized carbons (Fsp3) is 0.556. The minimum Gasteiger partial charge on any atom is -0.363 e. The van der Waals surface area contributed by atoms with E-state index in [1.807, 2.05) is 6.07 Å². The lowest BCUT2D eigenvalue weighted by Crippen LogP contribution is -2.59. The van der Waals surface area contributed by atoms with Gasteiger partial charge in [-0.05, 0) is 72.1 Å². The summed E-state index contributed by atoms with van der Waals surface area (Å²) >= 11 is 0. The molecule has 0 amide bonds. The molecule has 0 spiro atoms. The van der Waals surface area contributed by atoms with Gasteiger partial charge in [0.2, 0.25) is 0 Å². The Kier molecular flexibility index (Phi) is 4.80. The Labute approximate surface area is 137 Å². The number of carbonyl (C=O) groups excluding carboxylic acids is 2. The number of aromatic amines is 1. The average molecular weight is 318 g/mol. The maximum Gasteiger partial charge on any atom is 0.360 e. The molecular weight excluding hydrogens is 292 g/mol. The highest BCUT2D eigenvalue weighted by molar-refractivity contribution is 6.19. The highest BCUT2D eigenvalue weighted by Crippen LogP contribution is 2.38. The second kappa shape index (κ2) is 6.32. The fourth-order valence-electron chi connectivity index (χ4n) is 3.25. The summed E-state index contributed by atoms with van der Waals surface area (Å²) < 4.78 is 0. The summed E-state index contributed by atoms with van der Waals surface area (Å²) in [4.78, 5) is 33.1. The van der Waals surface area contributed by atoms with E-state index in [0.29, 0.717) is 5.69 Å². The third-order valence-electron chi connectivity index (χ3n) is 4.37. The Hall–Kier alpha value is -1.88. The van der Waals surface area contributed by atoms with Gasteiger partial charge in [-0.15, -0.1) is 5.06 Å². The van der Waals surface area contributed by atoms with E-state index >= 15 is 0 Å². The van der Waals surface area contributed by atoms with Gasteiger partial charge in [-0.3, -0.25) is 4.79 Å². The molecule has 0 unspecified atom stereocenters. The molecule has 2 heterocycles. The normalized spacial score (nSPS) is 21.0. The molecule has 0 radical (unpaired) electrons. The Morgan fingerprint density at radius 1 is 1.22 bits per heavy atom. The molecule has 5 heteroatoms. The zero-order valence-electron chi connectivity index (χ0n) is 14.6. The quantitative estimate of drug-likeness (QED) is 0.524. The number of Topliss-reactive ketones (excluding diaryl/α,β-unsaturated/α-hetero) is 1. The van der Waals surface area contributed by atoms with Crippen molar-refractivity contribution >= 4 is 17.8 Å². The van der Waals surface area contributed by atoms with Crippen LogP contribution in [0.25, 0.3) is 6.08 Å². The number of nitrogens with one attached hydrogen (secondary N) is 1. The van der Waals surface area contributed by atoms with Gasteiger partial charge in [0.25, 0.3) is 0 Å². The molecule has 1 saturated heterocycles. The van der Waals surface area contributed by atoms with Crippen LogP contribution in [-0.2, 0) is 14.4 Å². The van der Waals surface area contributed by atoms with Crippen LogP contribution in [0.2, 0.25) is 0 Å². The smallest absolute Gasteiger partial charge is 0.360 e. The third kappa shape index (κ3) is 3.91. The summed E-state index contributed by atoms with van der Waals surface area (Å²) in [6.45, 7) is 9.61. The zero-order chi connectivity index (χ0) is 17.3. The van der Waals surface area contributed by atoms with Gasteiger partial charge in [0.1, 0.15) is 5.57 Å². The van der Waals surface area contributed by atoms with Crippen LogP contribution in [0.15, 0.2) is 23.9 Å². The van der Waals surface area contributed by atoms with Gasteiger partial charge in [-0.1, -0.05) is 0 Å². The van der Waals surface area contributed by atoms with Crippen molar-refractivity contribution in [2.45, 2.75) is 65.0 Å². The Bertz CT molecular complexity index is 596. The number of piperidine rings is 1. The summed E-state index contributed by atoms with van der Waals surface area (Å²) in [5.41, 5.74) is 0.228. The van der Waals surface area contributed by atoms with Crippen molar-refractivity contribution < 1.29 is 14.4 Å². The molecule has 1 aromatic rings. The van der Waals surface area contributed by atoms with Gasteiger partial charge in [-0.25, -0.2) is 4.79 Å². The van der Waals surface area contributed by atoms with E-state index in [4.69, 9.17) is 4.84 Å². The third-order valence-corrected chi connectivity index (χ3v) is 4.37. The second-order valence-corrected chi connectivity index (χ2v) is 7.39. The molecule has 0 atom stereocenters. The predicted molar refractivity (Wildman–Crippen MR) is 89.4 cm³/mol. The molecule has 1 aliphatic rings. The van der Waals surface area contributed by atoms with Crippen molar-refractivity contribution in [1.29, 1.82) is 0 Å². The lowest BCUT2D eigenvalue weighted by molar-refractivity contribution is -0.262. The van der Waals surface area contributed by atoms with Crippen molar-refractivity contribution in [1.82, 2.24) is 10.0 Å². The van der Waals surface area contributed by atoms with Crippen LogP contribution in [0.1, 0.15) is 59.6 Å². The highest BCUT2D eigenvalue weighted by atomic mass is 16.7. The van der Waals surface area contributed by atoms with Gasteiger partial charge in [0.05, 0.1) is 11.1 Å².